The van der Waals surface area contributed by atoms with Gasteiger partial charge in [-0.1, -0.05) is 41.4 Å². The molecule has 0 saturated carbocycles. The number of hydrogen-bond acceptors (Lipinski definition) is 2. The topological polar surface area (TPSA) is 24.7 Å². The highest BCUT2D eigenvalue weighted by molar-refractivity contribution is 6.35. The third-order valence-electron chi connectivity index (χ3n) is 1.88. The zero-order valence-corrected chi connectivity index (χ0v) is 9.78. The Morgan fingerprint density at radius 2 is 1.25 bits per heavy atom. The van der Waals surface area contributed by atoms with E-state index in [2.05, 4.69) is 10.2 Å². The summed E-state index contributed by atoms with van der Waals surface area (Å²) in [5, 5.41) is 9.22. The number of halogens is 2. The summed E-state index contributed by atoms with van der Waals surface area (Å²) >= 11 is 11.7. The Labute approximate surface area is 104 Å². The molecular formula is C12H8Cl2N2. The predicted octanol–water partition coefficient (Wildman–Crippen LogP) is 5.41. The second-order valence-corrected chi connectivity index (χ2v) is 4.04. The van der Waals surface area contributed by atoms with Crippen molar-refractivity contribution in [3.05, 3.63) is 58.6 Å². The standard InChI is InChI=1S/C12H8Cl2N2/c13-9-6-10(14)8-12(7-9)16-15-11-4-2-1-3-5-11/h1-8H. The average Bonchev–Trinajstić information content (AvgIpc) is 2.27. The van der Waals surface area contributed by atoms with E-state index in [1.54, 1.807) is 18.2 Å². The second kappa shape index (κ2) is 5.10. The molecule has 0 aromatic heterocycles. The monoisotopic (exact) mass is 250 g/mol. The maximum absolute atomic E-state index is 5.85. The Morgan fingerprint density at radius 3 is 1.88 bits per heavy atom. The Hall–Kier alpha value is -1.38. The van der Waals surface area contributed by atoms with Gasteiger partial charge in [-0.2, -0.15) is 10.2 Å². The van der Waals surface area contributed by atoms with Gasteiger partial charge in [-0.3, -0.25) is 0 Å². The SMILES string of the molecule is Clc1cc(Cl)cc(N=Nc2ccccc2)c1. The van der Waals surface area contributed by atoms with E-state index in [1.807, 2.05) is 30.3 Å². The van der Waals surface area contributed by atoms with Crippen LogP contribution in [0.3, 0.4) is 0 Å². The third kappa shape index (κ3) is 3.05. The van der Waals surface area contributed by atoms with Crippen molar-refractivity contribution in [3.8, 4) is 0 Å². The molecule has 0 fully saturated rings. The van der Waals surface area contributed by atoms with Gasteiger partial charge < -0.3 is 0 Å². The van der Waals surface area contributed by atoms with Gasteiger partial charge in [0.05, 0.1) is 11.4 Å². The molecule has 0 saturated heterocycles. The molecule has 0 spiro atoms. The molecule has 2 aromatic rings. The van der Waals surface area contributed by atoms with E-state index in [1.165, 1.54) is 0 Å². The largest absolute Gasteiger partial charge is 0.151 e. The fourth-order valence-corrected chi connectivity index (χ4v) is 1.72. The fourth-order valence-electron chi connectivity index (χ4n) is 1.21. The van der Waals surface area contributed by atoms with Crippen LogP contribution in [0.25, 0.3) is 0 Å². The van der Waals surface area contributed by atoms with E-state index < -0.39 is 0 Å². The lowest BCUT2D eigenvalue weighted by molar-refractivity contribution is 1.23. The summed E-state index contributed by atoms with van der Waals surface area (Å²) < 4.78 is 0. The van der Waals surface area contributed by atoms with Gasteiger partial charge in [0.1, 0.15) is 0 Å². The molecule has 0 aliphatic carbocycles. The number of benzene rings is 2. The Kier molecular flexibility index (Phi) is 3.54. The van der Waals surface area contributed by atoms with Crippen molar-refractivity contribution in [2.45, 2.75) is 0 Å². The van der Waals surface area contributed by atoms with Gasteiger partial charge in [0.15, 0.2) is 0 Å². The van der Waals surface area contributed by atoms with E-state index in [9.17, 15) is 0 Å². The van der Waals surface area contributed by atoms with Gasteiger partial charge in [-0.05, 0) is 30.3 Å². The van der Waals surface area contributed by atoms with Crippen molar-refractivity contribution in [2.75, 3.05) is 0 Å². The summed E-state index contributed by atoms with van der Waals surface area (Å²) in [5.74, 6) is 0. The van der Waals surface area contributed by atoms with Gasteiger partial charge in [0, 0.05) is 10.0 Å². The van der Waals surface area contributed by atoms with Crippen LogP contribution in [0.4, 0.5) is 11.4 Å². The van der Waals surface area contributed by atoms with E-state index in [-0.39, 0.29) is 0 Å². The minimum Gasteiger partial charge on any atom is -0.151 e. The maximum Gasteiger partial charge on any atom is 0.0886 e. The highest BCUT2D eigenvalue weighted by atomic mass is 35.5. The molecule has 0 atom stereocenters. The van der Waals surface area contributed by atoms with Crippen LogP contribution in [0.15, 0.2) is 58.8 Å². The Morgan fingerprint density at radius 1 is 0.688 bits per heavy atom. The fraction of sp³-hybridized carbons (Fsp3) is 0. The van der Waals surface area contributed by atoms with Crippen LogP contribution in [-0.4, -0.2) is 0 Å². The van der Waals surface area contributed by atoms with Crippen LogP contribution in [0, 0.1) is 0 Å². The van der Waals surface area contributed by atoms with Gasteiger partial charge in [-0.25, -0.2) is 0 Å². The number of rotatable bonds is 2. The van der Waals surface area contributed by atoms with Crippen LogP contribution >= 0.6 is 23.2 Å². The average molecular weight is 251 g/mol. The summed E-state index contributed by atoms with van der Waals surface area (Å²) in [6, 6.07) is 14.5. The van der Waals surface area contributed by atoms with Crippen molar-refractivity contribution >= 4 is 34.6 Å². The highest BCUT2D eigenvalue weighted by Crippen LogP contribution is 2.26. The van der Waals surface area contributed by atoms with Crippen molar-refractivity contribution in [1.29, 1.82) is 0 Å². The van der Waals surface area contributed by atoms with Gasteiger partial charge in [-0.15, -0.1) is 0 Å². The van der Waals surface area contributed by atoms with Crippen LogP contribution in [0.1, 0.15) is 0 Å². The van der Waals surface area contributed by atoms with Crippen LogP contribution < -0.4 is 0 Å². The first-order valence-corrected chi connectivity index (χ1v) is 5.42. The Bertz CT molecular complexity index is 489. The zero-order chi connectivity index (χ0) is 11.4. The molecule has 0 N–H and O–H groups in total. The first kappa shape index (κ1) is 11.1. The van der Waals surface area contributed by atoms with E-state index >= 15 is 0 Å². The first-order chi connectivity index (χ1) is 7.74. The van der Waals surface area contributed by atoms with E-state index in [0.717, 1.165) is 5.69 Å². The van der Waals surface area contributed by atoms with Crippen molar-refractivity contribution < 1.29 is 0 Å². The number of hydrogen-bond donors (Lipinski definition) is 0. The highest BCUT2D eigenvalue weighted by Gasteiger charge is 1.96. The molecule has 80 valence electrons. The molecule has 0 heterocycles. The molecular weight excluding hydrogens is 243 g/mol. The molecule has 4 heteroatoms. The zero-order valence-electron chi connectivity index (χ0n) is 8.27. The molecule has 0 bridgehead atoms. The molecule has 0 unspecified atom stereocenters. The normalized spacial score (nSPS) is 10.9. The number of nitrogens with zero attached hydrogens (tertiary/aromatic N) is 2. The van der Waals surface area contributed by atoms with E-state index in [0.29, 0.717) is 15.7 Å². The Balaban J connectivity index is 2.24. The predicted molar refractivity (Wildman–Crippen MR) is 67.1 cm³/mol. The molecule has 0 aliphatic heterocycles. The smallest absolute Gasteiger partial charge is 0.0886 e. The van der Waals surface area contributed by atoms with Crippen molar-refractivity contribution in [3.63, 3.8) is 0 Å². The lowest BCUT2D eigenvalue weighted by Crippen LogP contribution is -1.67. The molecule has 2 rings (SSSR count). The molecule has 0 radical (unpaired) electrons. The minimum absolute atomic E-state index is 0.550. The van der Waals surface area contributed by atoms with Gasteiger partial charge in [0.2, 0.25) is 0 Å². The first-order valence-electron chi connectivity index (χ1n) is 4.67. The lowest BCUT2D eigenvalue weighted by Gasteiger charge is -1.96. The summed E-state index contributed by atoms with van der Waals surface area (Å²) in [4.78, 5) is 0. The minimum atomic E-state index is 0.550. The lowest BCUT2D eigenvalue weighted by atomic mass is 10.3. The quantitative estimate of drug-likeness (QED) is 0.637. The molecule has 2 aromatic carbocycles. The maximum atomic E-state index is 5.85. The third-order valence-corrected chi connectivity index (χ3v) is 2.32. The van der Waals surface area contributed by atoms with Gasteiger partial charge in [0.25, 0.3) is 0 Å². The van der Waals surface area contributed by atoms with Crippen LogP contribution in [-0.2, 0) is 0 Å². The summed E-state index contributed by atoms with van der Waals surface area (Å²) in [7, 11) is 0. The summed E-state index contributed by atoms with van der Waals surface area (Å²) in [6.45, 7) is 0. The van der Waals surface area contributed by atoms with Gasteiger partial charge >= 0.3 is 0 Å². The molecule has 0 aliphatic rings. The molecule has 2 nitrogen and oxygen atoms in total. The summed E-state index contributed by atoms with van der Waals surface area (Å²) in [5.41, 5.74) is 1.43. The van der Waals surface area contributed by atoms with Crippen molar-refractivity contribution in [1.82, 2.24) is 0 Å². The second-order valence-electron chi connectivity index (χ2n) is 3.16. The van der Waals surface area contributed by atoms with Crippen LogP contribution in [0.2, 0.25) is 10.0 Å². The van der Waals surface area contributed by atoms with Crippen LogP contribution in [0.5, 0.6) is 0 Å². The number of azo groups is 1. The molecule has 0 amide bonds. The molecule has 16 heavy (non-hydrogen) atoms. The van der Waals surface area contributed by atoms with Crippen molar-refractivity contribution in [2.24, 2.45) is 10.2 Å². The summed E-state index contributed by atoms with van der Waals surface area (Å²) in [6.07, 6.45) is 0. The van der Waals surface area contributed by atoms with E-state index in [4.69, 9.17) is 23.2 Å².